The normalized spacial score (nSPS) is 24.2. The molecule has 2 atom stereocenters. The minimum absolute atomic E-state index is 0.175. The highest BCUT2D eigenvalue weighted by molar-refractivity contribution is 5.90. The molecule has 2 aromatic rings. The lowest BCUT2D eigenvalue weighted by Gasteiger charge is -2.28. The lowest BCUT2D eigenvalue weighted by atomic mass is 10.1. The number of halogens is 1. The first-order valence-corrected chi connectivity index (χ1v) is 8.42. The van der Waals surface area contributed by atoms with Gasteiger partial charge in [-0.3, -0.25) is 4.79 Å². The number of aromatic nitrogens is 1. The van der Waals surface area contributed by atoms with E-state index >= 15 is 0 Å². The predicted molar refractivity (Wildman–Crippen MR) is 87.8 cm³/mol. The van der Waals surface area contributed by atoms with E-state index in [2.05, 4.69) is 15.2 Å². The quantitative estimate of drug-likeness (QED) is 0.894. The predicted octanol–water partition coefficient (Wildman–Crippen LogP) is 2.51. The van der Waals surface area contributed by atoms with E-state index in [1.54, 1.807) is 6.07 Å². The number of carbonyl (C=O) groups is 1. The monoisotopic (exact) mass is 315 g/mol. The van der Waals surface area contributed by atoms with Gasteiger partial charge in [-0.05, 0) is 56.5 Å². The summed E-state index contributed by atoms with van der Waals surface area (Å²) in [5, 5.41) is 4.25. The van der Waals surface area contributed by atoms with Crippen LogP contribution in [0.2, 0.25) is 0 Å². The molecule has 4 nitrogen and oxygen atoms in total. The van der Waals surface area contributed by atoms with E-state index in [1.807, 2.05) is 6.92 Å². The molecule has 2 saturated heterocycles. The third kappa shape index (κ3) is 2.53. The second-order valence-corrected chi connectivity index (χ2v) is 6.77. The SMILES string of the molecule is Cc1[nH]c2ccc(F)cc2c1CC(=O)N1[C@H]2CCNC[C@@H]1CC2. The van der Waals surface area contributed by atoms with Gasteiger partial charge in [0.2, 0.25) is 5.91 Å². The molecule has 1 amide bonds. The molecule has 2 N–H and O–H groups in total. The van der Waals surface area contributed by atoms with E-state index in [9.17, 15) is 9.18 Å². The van der Waals surface area contributed by atoms with Crippen molar-refractivity contribution in [1.82, 2.24) is 15.2 Å². The average molecular weight is 315 g/mol. The van der Waals surface area contributed by atoms with Gasteiger partial charge in [-0.1, -0.05) is 0 Å². The van der Waals surface area contributed by atoms with E-state index < -0.39 is 0 Å². The van der Waals surface area contributed by atoms with E-state index in [0.717, 1.165) is 54.5 Å². The van der Waals surface area contributed by atoms with E-state index in [1.165, 1.54) is 12.1 Å². The second-order valence-electron chi connectivity index (χ2n) is 6.77. The Kier molecular flexibility index (Phi) is 3.60. The fourth-order valence-corrected chi connectivity index (χ4v) is 4.21. The molecule has 0 unspecified atom stereocenters. The van der Waals surface area contributed by atoms with Crippen molar-refractivity contribution in [2.24, 2.45) is 0 Å². The largest absolute Gasteiger partial charge is 0.358 e. The van der Waals surface area contributed by atoms with Crippen molar-refractivity contribution >= 4 is 16.8 Å². The van der Waals surface area contributed by atoms with Gasteiger partial charge in [-0.15, -0.1) is 0 Å². The third-order valence-corrected chi connectivity index (χ3v) is 5.35. The summed E-state index contributed by atoms with van der Waals surface area (Å²) in [6, 6.07) is 5.40. The van der Waals surface area contributed by atoms with Crippen molar-refractivity contribution in [3.63, 3.8) is 0 Å². The van der Waals surface area contributed by atoms with Crippen LogP contribution in [-0.4, -0.2) is 41.0 Å². The first-order chi connectivity index (χ1) is 11.1. The molecule has 0 saturated carbocycles. The number of benzene rings is 1. The number of carbonyl (C=O) groups excluding carboxylic acids is 1. The Hall–Kier alpha value is -1.88. The maximum Gasteiger partial charge on any atom is 0.227 e. The Balaban J connectivity index is 1.64. The van der Waals surface area contributed by atoms with Gasteiger partial charge < -0.3 is 15.2 Å². The van der Waals surface area contributed by atoms with Crippen molar-refractivity contribution in [3.05, 3.63) is 35.3 Å². The van der Waals surface area contributed by atoms with E-state index in [4.69, 9.17) is 0 Å². The summed E-state index contributed by atoms with van der Waals surface area (Å²) in [5.41, 5.74) is 2.78. The van der Waals surface area contributed by atoms with Gasteiger partial charge in [0.1, 0.15) is 5.82 Å². The minimum atomic E-state index is -0.260. The van der Waals surface area contributed by atoms with Crippen molar-refractivity contribution in [2.75, 3.05) is 13.1 Å². The highest BCUT2D eigenvalue weighted by Crippen LogP contribution is 2.30. The summed E-state index contributed by atoms with van der Waals surface area (Å²) in [6.07, 6.45) is 3.58. The van der Waals surface area contributed by atoms with Gasteiger partial charge in [0, 0.05) is 35.2 Å². The number of aromatic amines is 1. The molecular weight excluding hydrogens is 293 g/mol. The molecule has 122 valence electrons. The molecule has 5 heteroatoms. The zero-order valence-corrected chi connectivity index (χ0v) is 13.4. The first kappa shape index (κ1) is 14.7. The maximum atomic E-state index is 13.6. The molecule has 1 aromatic heterocycles. The number of H-pyrrole nitrogens is 1. The van der Waals surface area contributed by atoms with Crippen molar-refractivity contribution in [3.8, 4) is 0 Å². The summed E-state index contributed by atoms with van der Waals surface area (Å²) in [4.78, 5) is 18.3. The highest BCUT2D eigenvalue weighted by Gasteiger charge is 2.38. The van der Waals surface area contributed by atoms with Gasteiger partial charge in [-0.25, -0.2) is 4.39 Å². The summed E-state index contributed by atoms with van der Waals surface area (Å²) in [5.74, 6) is -0.0845. The lowest BCUT2D eigenvalue weighted by Crippen LogP contribution is -2.43. The summed E-state index contributed by atoms with van der Waals surface area (Å²) < 4.78 is 13.6. The zero-order valence-electron chi connectivity index (χ0n) is 13.4. The molecule has 2 fully saturated rings. The second kappa shape index (κ2) is 5.64. The van der Waals surface area contributed by atoms with Crippen molar-refractivity contribution in [2.45, 2.75) is 44.7 Å². The summed E-state index contributed by atoms with van der Waals surface area (Å²) in [6.45, 7) is 3.84. The summed E-state index contributed by atoms with van der Waals surface area (Å²) >= 11 is 0. The standard InChI is InChI=1S/C18H22FN3O/c1-11-15(16-8-12(19)2-5-17(16)21-11)9-18(23)22-13-3-4-14(22)10-20-7-6-13/h2,5,8,13-14,20-21H,3-4,6-7,9-10H2,1H3/t13-,14+/m1/s1. The Morgan fingerprint density at radius 1 is 1.30 bits per heavy atom. The number of aryl methyl sites for hydroxylation is 1. The number of nitrogens with one attached hydrogen (secondary N) is 2. The number of rotatable bonds is 2. The number of fused-ring (bicyclic) bond motifs is 3. The van der Waals surface area contributed by atoms with Crippen LogP contribution in [0.3, 0.4) is 0 Å². The van der Waals surface area contributed by atoms with Gasteiger partial charge in [0.05, 0.1) is 6.42 Å². The number of nitrogens with zero attached hydrogens (tertiary/aromatic N) is 1. The van der Waals surface area contributed by atoms with Crippen LogP contribution in [0.4, 0.5) is 4.39 Å². The molecule has 2 aliphatic rings. The highest BCUT2D eigenvalue weighted by atomic mass is 19.1. The Morgan fingerprint density at radius 3 is 3.00 bits per heavy atom. The summed E-state index contributed by atoms with van der Waals surface area (Å²) in [7, 11) is 0. The molecule has 23 heavy (non-hydrogen) atoms. The molecular formula is C18H22FN3O. The van der Waals surface area contributed by atoms with Crippen LogP contribution in [0.5, 0.6) is 0 Å². The molecule has 3 heterocycles. The van der Waals surface area contributed by atoms with Crippen LogP contribution in [0.25, 0.3) is 10.9 Å². The van der Waals surface area contributed by atoms with Crippen LogP contribution < -0.4 is 5.32 Å². The fraction of sp³-hybridized carbons (Fsp3) is 0.500. The van der Waals surface area contributed by atoms with E-state index in [0.29, 0.717) is 18.5 Å². The zero-order chi connectivity index (χ0) is 16.0. The van der Waals surface area contributed by atoms with Crippen molar-refractivity contribution in [1.29, 1.82) is 0 Å². The minimum Gasteiger partial charge on any atom is -0.358 e. The number of amides is 1. The average Bonchev–Trinajstić information content (AvgIpc) is 2.95. The smallest absolute Gasteiger partial charge is 0.227 e. The first-order valence-electron chi connectivity index (χ1n) is 8.42. The molecule has 0 radical (unpaired) electrons. The van der Waals surface area contributed by atoms with Gasteiger partial charge in [0.25, 0.3) is 0 Å². The van der Waals surface area contributed by atoms with Gasteiger partial charge in [0.15, 0.2) is 0 Å². The Morgan fingerprint density at radius 2 is 2.13 bits per heavy atom. The number of hydrogen-bond donors (Lipinski definition) is 2. The van der Waals surface area contributed by atoms with Crippen LogP contribution in [0.1, 0.15) is 30.5 Å². The molecule has 4 rings (SSSR count). The van der Waals surface area contributed by atoms with E-state index in [-0.39, 0.29) is 11.7 Å². The maximum absolute atomic E-state index is 13.6. The molecule has 1 aromatic carbocycles. The number of hydrogen-bond acceptors (Lipinski definition) is 2. The molecule has 2 aliphatic heterocycles. The van der Waals surface area contributed by atoms with Gasteiger partial charge >= 0.3 is 0 Å². The Bertz CT molecular complexity index is 740. The Labute approximate surface area is 135 Å². The third-order valence-electron chi connectivity index (χ3n) is 5.35. The van der Waals surface area contributed by atoms with Crippen LogP contribution in [-0.2, 0) is 11.2 Å². The van der Waals surface area contributed by atoms with Crippen LogP contribution in [0, 0.1) is 12.7 Å². The lowest BCUT2D eigenvalue weighted by molar-refractivity contribution is -0.133. The van der Waals surface area contributed by atoms with Gasteiger partial charge in [-0.2, -0.15) is 0 Å². The van der Waals surface area contributed by atoms with Crippen LogP contribution >= 0.6 is 0 Å². The molecule has 0 aliphatic carbocycles. The fourth-order valence-electron chi connectivity index (χ4n) is 4.21. The van der Waals surface area contributed by atoms with Crippen molar-refractivity contribution < 1.29 is 9.18 Å². The molecule has 0 spiro atoms. The molecule has 2 bridgehead atoms. The van der Waals surface area contributed by atoms with Crippen LogP contribution in [0.15, 0.2) is 18.2 Å². The topological polar surface area (TPSA) is 48.1 Å².